The van der Waals surface area contributed by atoms with Crippen LogP contribution in [0.25, 0.3) is 0 Å². The van der Waals surface area contributed by atoms with Crippen molar-refractivity contribution in [2.24, 2.45) is 0 Å². The molecule has 1 aromatic heterocycles. The zero-order valence-corrected chi connectivity index (χ0v) is 18.2. The summed E-state index contributed by atoms with van der Waals surface area (Å²) in [7, 11) is 0. The number of nitrogens with zero attached hydrogens (tertiary/aromatic N) is 1. The first-order valence-corrected chi connectivity index (χ1v) is 10.4. The van der Waals surface area contributed by atoms with Gasteiger partial charge in [0, 0.05) is 49.8 Å². The van der Waals surface area contributed by atoms with Crippen LogP contribution < -0.4 is 21.3 Å². The number of rotatable bonds is 12. The Hall–Kier alpha value is -2.97. The van der Waals surface area contributed by atoms with Crippen LogP contribution >= 0.6 is 0 Å². The molecule has 0 aliphatic heterocycles. The SMILES string of the molecule is CC[C@@H](C)NC(=O)CCNC(=O)c1cc(C(=O)NCCC(=O)N[C@@H](C)CC)ccn1. The van der Waals surface area contributed by atoms with Gasteiger partial charge in [-0.3, -0.25) is 24.2 Å². The molecule has 0 aliphatic carbocycles. The lowest BCUT2D eigenvalue weighted by Gasteiger charge is -2.12. The standard InChI is InChI=1S/C21H33N5O4/c1-5-14(3)25-18(27)8-11-23-20(29)16-7-10-22-17(13-16)21(30)24-12-9-19(28)26-15(4)6-2/h7,10,13-15H,5-6,8-9,11-12H2,1-4H3,(H,23,29)(H,24,30)(H,25,27)(H,26,28)/t14-,15+/m0/s1. The first-order valence-electron chi connectivity index (χ1n) is 10.4. The Balaban J connectivity index is 2.47. The molecule has 166 valence electrons. The number of amides is 4. The maximum Gasteiger partial charge on any atom is 0.269 e. The van der Waals surface area contributed by atoms with Crippen LogP contribution in [0, 0.1) is 0 Å². The fraction of sp³-hybridized carbons (Fsp3) is 0.571. The zero-order valence-electron chi connectivity index (χ0n) is 18.2. The van der Waals surface area contributed by atoms with E-state index in [1.807, 2.05) is 27.7 Å². The van der Waals surface area contributed by atoms with E-state index in [0.717, 1.165) is 12.8 Å². The molecule has 0 spiro atoms. The summed E-state index contributed by atoms with van der Waals surface area (Å²) in [5.74, 6) is -1.12. The molecule has 30 heavy (non-hydrogen) atoms. The molecule has 4 amide bonds. The van der Waals surface area contributed by atoms with Gasteiger partial charge in [0.05, 0.1) is 0 Å². The third-order valence-electron chi connectivity index (χ3n) is 4.57. The normalized spacial score (nSPS) is 12.4. The van der Waals surface area contributed by atoms with E-state index in [9.17, 15) is 19.2 Å². The van der Waals surface area contributed by atoms with E-state index in [1.165, 1.54) is 18.3 Å². The molecule has 1 rings (SSSR count). The van der Waals surface area contributed by atoms with Gasteiger partial charge in [0.25, 0.3) is 11.8 Å². The van der Waals surface area contributed by atoms with Crippen LogP contribution in [0.15, 0.2) is 18.3 Å². The van der Waals surface area contributed by atoms with Gasteiger partial charge in [-0.05, 0) is 38.8 Å². The lowest BCUT2D eigenvalue weighted by Crippen LogP contribution is -2.35. The molecular weight excluding hydrogens is 386 g/mol. The number of carbonyl (C=O) groups excluding carboxylic acids is 4. The monoisotopic (exact) mass is 419 g/mol. The van der Waals surface area contributed by atoms with Crippen molar-refractivity contribution < 1.29 is 19.2 Å². The maximum atomic E-state index is 12.3. The molecule has 1 heterocycles. The van der Waals surface area contributed by atoms with Crippen molar-refractivity contribution in [3.63, 3.8) is 0 Å². The molecule has 0 saturated carbocycles. The van der Waals surface area contributed by atoms with Gasteiger partial charge in [-0.2, -0.15) is 0 Å². The second-order valence-corrected chi connectivity index (χ2v) is 7.20. The fourth-order valence-electron chi connectivity index (χ4n) is 2.37. The second kappa shape index (κ2) is 13.3. The molecule has 4 N–H and O–H groups in total. The lowest BCUT2D eigenvalue weighted by atomic mass is 10.2. The molecule has 9 heteroatoms. The van der Waals surface area contributed by atoms with Crippen LogP contribution in [0.2, 0.25) is 0 Å². The molecule has 0 unspecified atom stereocenters. The summed E-state index contributed by atoms with van der Waals surface area (Å²) in [6.45, 7) is 8.14. The molecule has 1 aromatic rings. The Bertz CT molecular complexity index is 681. The smallest absolute Gasteiger partial charge is 0.269 e. The summed E-state index contributed by atoms with van der Waals surface area (Å²) >= 11 is 0. The minimum atomic E-state index is -0.464. The summed E-state index contributed by atoms with van der Waals surface area (Å²) < 4.78 is 0. The summed E-state index contributed by atoms with van der Waals surface area (Å²) in [4.78, 5) is 51.9. The first kappa shape index (κ1) is 25.1. The zero-order chi connectivity index (χ0) is 22.5. The predicted octanol–water partition coefficient (Wildman–Crippen LogP) is 1.15. The Morgan fingerprint density at radius 2 is 1.37 bits per heavy atom. The third-order valence-corrected chi connectivity index (χ3v) is 4.57. The van der Waals surface area contributed by atoms with Crippen molar-refractivity contribution in [1.82, 2.24) is 26.3 Å². The fourth-order valence-corrected chi connectivity index (χ4v) is 2.37. The van der Waals surface area contributed by atoms with Crippen molar-refractivity contribution >= 4 is 23.6 Å². The minimum Gasteiger partial charge on any atom is -0.354 e. The van der Waals surface area contributed by atoms with Crippen molar-refractivity contribution in [2.45, 2.75) is 65.5 Å². The van der Waals surface area contributed by atoms with Crippen molar-refractivity contribution in [3.8, 4) is 0 Å². The van der Waals surface area contributed by atoms with Gasteiger partial charge >= 0.3 is 0 Å². The number of aromatic nitrogens is 1. The van der Waals surface area contributed by atoms with Gasteiger partial charge in [0.2, 0.25) is 11.8 Å². The van der Waals surface area contributed by atoms with Gasteiger partial charge in [-0.15, -0.1) is 0 Å². The van der Waals surface area contributed by atoms with Gasteiger partial charge in [0.1, 0.15) is 5.69 Å². The molecular formula is C21H33N5O4. The Labute approximate surface area is 177 Å². The molecule has 0 aromatic carbocycles. The highest BCUT2D eigenvalue weighted by atomic mass is 16.2. The van der Waals surface area contributed by atoms with Crippen molar-refractivity contribution in [2.75, 3.05) is 13.1 Å². The number of carbonyl (C=O) groups is 4. The van der Waals surface area contributed by atoms with Crippen LogP contribution in [0.3, 0.4) is 0 Å². The maximum absolute atomic E-state index is 12.3. The highest BCUT2D eigenvalue weighted by Crippen LogP contribution is 2.02. The van der Waals surface area contributed by atoms with Gasteiger partial charge in [-0.1, -0.05) is 13.8 Å². The molecule has 9 nitrogen and oxygen atoms in total. The minimum absolute atomic E-state index is 0.0829. The van der Waals surface area contributed by atoms with Crippen molar-refractivity contribution in [3.05, 3.63) is 29.6 Å². The lowest BCUT2D eigenvalue weighted by molar-refractivity contribution is -0.122. The van der Waals surface area contributed by atoms with E-state index in [2.05, 4.69) is 26.3 Å². The molecule has 0 bridgehead atoms. The van der Waals surface area contributed by atoms with Crippen LogP contribution in [-0.4, -0.2) is 53.8 Å². The Morgan fingerprint density at radius 1 is 0.867 bits per heavy atom. The quantitative estimate of drug-likeness (QED) is 0.404. The van der Waals surface area contributed by atoms with E-state index in [0.29, 0.717) is 0 Å². The average molecular weight is 420 g/mol. The number of nitrogens with one attached hydrogen (secondary N) is 4. The summed E-state index contributed by atoms with van der Waals surface area (Å²) in [5, 5.41) is 10.9. The van der Waals surface area contributed by atoms with Crippen molar-refractivity contribution in [1.29, 1.82) is 0 Å². The van der Waals surface area contributed by atoms with E-state index < -0.39 is 11.8 Å². The highest BCUT2D eigenvalue weighted by Gasteiger charge is 2.13. The number of hydrogen-bond donors (Lipinski definition) is 4. The van der Waals surface area contributed by atoms with E-state index >= 15 is 0 Å². The van der Waals surface area contributed by atoms with Crippen LogP contribution in [0.5, 0.6) is 0 Å². The average Bonchev–Trinajstić information content (AvgIpc) is 2.73. The number of pyridine rings is 1. The van der Waals surface area contributed by atoms with Crippen LogP contribution in [0.1, 0.15) is 74.2 Å². The summed E-state index contributed by atoms with van der Waals surface area (Å²) in [5.41, 5.74) is 0.353. The molecule has 2 atom stereocenters. The second-order valence-electron chi connectivity index (χ2n) is 7.20. The van der Waals surface area contributed by atoms with E-state index in [1.54, 1.807) is 0 Å². The third kappa shape index (κ3) is 9.49. The highest BCUT2D eigenvalue weighted by molar-refractivity contribution is 5.98. The number of hydrogen-bond acceptors (Lipinski definition) is 5. The molecule has 0 fully saturated rings. The summed E-state index contributed by atoms with van der Waals surface area (Å²) in [6, 6.07) is 3.05. The molecule has 0 radical (unpaired) electrons. The molecule has 0 saturated heterocycles. The Kier molecular flexibility index (Phi) is 11.1. The largest absolute Gasteiger partial charge is 0.354 e. The molecule has 0 aliphatic rings. The van der Waals surface area contributed by atoms with E-state index in [4.69, 9.17) is 0 Å². The van der Waals surface area contributed by atoms with Crippen LogP contribution in [-0.2, 0) is 9.59 Å². The van der Waals surface area contributed by atoms with E-state index in [-0.39, 0.29) is 61.1 Å². The Morgan fingerprint density at radius 3 is 1.87 bits per heavy atom. The summed E-state index contributed by atoms with van der Waals surface area (Å²) in [6.07, 6.45) is 3.37. The topological polar surface area (TPSA) is 129 Å². The van der Waals surface area contributed by atoms with Gasteiger partial charge in [0.15, 0.2) is 0 Å². The van der Waals surface area contributed by atoms with Gasteiger partial charge < -0.3 is 21.3 Å². The first-order chi connectivity index (χ1) is 14.3. The van der Waals surface area contributed by atoms with Crippen LogP contribution in [0.4, 0.5) is 0 Å². The predicted molar refractivity (Wildman–Crippen MR) is 114 cm³/mol. The van der Waals surface area contributed by atoms with Gasteiger partial charge in [-0.25, -0.2) is 0 Å².